The third-order valence-corrected chi connectivity index (χ3v) is 5.92. The SMILES string of the molecule is CS(=O)(=O)N(CC(=O)NCCN1CCOCC1)Cc1ccc(Cl)c(Cl)c1. The Hall–Kier alpha value is -0.900. The van der Waals surface area contributed by atoms with Gasteiger partial charge in [-0.15, -0.1) is 0 Å². The largest absolute Gasteiger partial charge is 0.379 e. The molecule has 10 heteroatoms. The van der Waals surface area contributed by atoms with Crippen molar-refractivity contribution in [1.82, 2.24) is 14.5 Å². The summed E-state index contributed by atoms with van der Waals surface area (Å²) in [6.45, 7) is 4.03. The van der Waals surface area contributed by atoms with E-state index in [-0.39, 0.29) is 19.0 Å². The second-order valence-electron chi connectivity index (χ2n) is 6.08. The predicted molar refractivity (Wildman–Crippen MR) is 102 cm³/mol. The van der Waals surface area contributed by atoms with E-state index in [9.17, 15) is 13.2 Å². The number of carbonyl (C=O) groups excluding carboxylic acids is 1. The Labute approximate surface area is 164 Å². The number of halogens is 2. The molecule has 1 saturated heterocycles. The van der Waals surface area contributed by atoms with Crippen molar-refractivity contribution < 1.29 is 17.9 Å². The van der Waals surface area contributed by atoms with E-state index in [2.05, 4.69) is 10.2 Å². The van der Waals surface area contributed by atoms with Crippen molar-refractivity contribution in [3.8, 4) is 0 Å². The van der Waals surface area contributed by atoms with E-state index >= 15 is 0 Å². The molecule has 1 aromatic rings. The second kappa shape index (κ2) is 9.87. The summed E-state index contributed by atoms with van der Waals surface area (Å²) in [4.78, 5) is 14.3. The van der Waals surface area contributed by atoms with Crippen molar-refractivity contribution in [2.75, 3.05) is 52.2 Å². The summed E-state index contributed by atoms with van der Waals surface area (Å²) < 4.78 is 30.4. The molecule has 1 amide bonds. The predicted octanol–water partition coefficient (Wildman–Crippen LogP) is 1.20. The quantitative estimate of drug-likeness (QED) is 0.679. The van der Waals surface area contributed by atoms with Gasteiger partial charge in [-0.1, -0.05) is 29.3 Å². The fourth-order valence-electron chi connectivity index (χ4n) is 2.53. The first-order valence-corrected chi connectivity index (χ1v) is 10.8. The summed E-state index contributed by atoms with van der Waals surface area (Å²) in [6, 6.07) is 4.88. The highest BCUT2D eigenvalue weighted by Crippen LogP contribution is 2.23. The molecule has 0 atom stereocenters. The third-order valence-electron chi connectivity index (χ3n) is 3.99. The van der Waals surface area contributed by atoms with Crippen LogP contribution in [0.1, 0.15) is 5.56 Å². The lowest BCUT2D eigenvalue weighted by Crippen LogP contribution is -2.44. The minimum Gasteiger partial charge on any atom is -0.379 e. The first-order chi connectivity index (χ1) is 12.3. The average Bonchev–Trinajstić information content (AvgIpc) is 2.58. The van der Waals surface area contributed by atoms with E-state index in [1.54, 1.807) is 18.2 Å². The molecule has 0 aromatic heterocycles. The molecule has 0 radical (unpaired) electrons. The van der Waals surface area contributed by atoms with E-state index < -0.39 is 10.0 Å². The van der Waals surface area contributed by atoms with Gasteiger partial charge in [0, 0.05) is 32.7 Å². The molecule has 1 fully saturated rings. The van der Waals surface area contributed by atoms with Gasteiger partial charge in [-0.05, 0) is 17.7 Å². The topological polar surface area (TPSA) is 79.0 Å². The van der Waals surface area contributed by atoms with Gasteiger partial charge in [0.05, 0.1) is 36.1 Å². The molecule has 0 aliphatic carbocycles. The van der Waals surface area contributed by atoms with Crippen LogP contribution in [0.3, 0.4) is 0 Å². The highest BCUT2D eigenvalue weighted by atomic mass is 35.5. The van der Waals surface area contributed by atoms with Crippen LogP contribution in [-0.4, -0.2) is 75.7 Å². The Balaban J connectivity index is 1.88. The molecule has 1 aliphatic heterocycles. The van der Waals surface area contributed by atoms with Gasteiger partial charge < -0.3 is 10.1 Å². The molecule has 1 N–H and O–H groups in total. The molecule has 0 unspecified atom stereocenters. The molecule has 0 bridgehead atoms. The van der Waals surface area contributed by atoms with Crippen molar-refractivity contribution >= 4 is 39.1 Å². The summed E-state index contributed by atoms with van der Waals surface area (Å²) in [7, 11) is -3.56. The van der Waals surface area contributed by atoms with E-state index in [4.69, 9.17) is 27.9 Å². The molecule has 26 heavy (non-hydrogen) atoms. The number of amides is 1. The number of hydrogen-bond donors (Lipinski definition) is 1. The van der Waals surface area contributed by atoms with Crippen molar-refractivity contribution in [1.29, 1.82) is 0 Å². The Kier molecular flexibility index (Phi) is 8.12. The number of carbonyl (C=O) groups is 1. The molecule has 2 rings (SSSR count). The molecular weight excluding hydrogens is 401 g/mol. The molecular formula is C16H23Cl2N3O4S. The average molecular weight is 424 g/mol. The number of nitrogens with one attached hydrogen (secondary N) is 1. The highest BCUT2D eigenvalue weighted by molar-refractivity contribution is 7.88. The van der Waals surface area contributed by atoms with Crippen LogP contribution in [0.25, 0.3) is 0 Å². The smallest absolute Gasteiger partial charge is 0.235 e. The van der Waals surface area contributed by atoms with E-state index in [0.717, 1.165) is 23.7 Å². The van der Waals surface area contributed by atoms with Gasteiger partial charge in [-0.3, -0.25) is 9.69 Å². The van der Waals surface area contributed by atoms with Gasteiger partial charge in [-0.25, -0.2) is 8.42 Å². The van der Waals surface area contributed by atoms with Crippen molar-refractivity contribution in [3.63, 3.8) is 0 Å². The van der Waals surface area contributed by atoms with Crippen LogP contribution in [0.5, 0.6) is 0 Å². The maximum Gasteiger partial charge on any atom is 0.235 e. The fourth-order valence-corrected chi connectivity index (χ4v) is 3.58. The summed E-state index contributed by atoms with van der Waals surface area (Å²) in [5.74, 6) is -0.344. The Morgan fingerprint density at radius 3 is 2.58 bits per heavy atom. The molecule has 0 spiro atoms. The Bertz CT molecular complexity index is 724. The summed E-state index contributed by atoms with van der Waals surface area (Å²) >= 11 is 11.8. The Morgan fingerprint density at radius 1 is 1.27 bits per heavy atom. The van der Waals surface area contributed by atoms with Crippen LogP contribution >= 0.6 is 23.2 Å². The van der Waals surface area contributed by atoms with E-state index in [1.807, 2.05) is 0 Å². The van der Waals surface area contributed by atoms with Crippen molar-refractivity contribution in [2.24, 2.45) is 0 Å². The first-order valence-electron chi connectivity index (χ1n) is 8.21. The maximum absolute atomic E-state index is 12.1. The molecule has 146 valence electrons. The van der Waals surface area contributed by atoms with Gasteiger partial charge in [0.15, 0.2) is 0 Å². The van der Waals surface area contributed by atoms with E-state index in [0.29, 0.717) is 41.9 Å². The minimum absolute atomic E-state index is 0.0482. The lowest BCUT2D eigenvalue weighted by atomic mass is 10.2. The number of ether oxygens (including phenoxy) is 1. The molecule has 1 heterocycles. The molecule has 0 saturated carbocycles. The first kappa shape index (κ1) is 21.4. The number of benzene rings is 1. The van der Waals surface area contributed by atoms with Gasteiger partial charge in [0.1, 0.15) is 0 Å². The maximum atomic E-state index is 12.1. The number of rotatable bonds is 8. The minimum atomic E-state index is -3.56. The van der Waals surface area contributed by atoms with Gasteiger partial charge in [0.2, 0.25) is 15.9 Å². The highest BCUT2D eigenvalue weighted by Gasteiger charge is 2.21. The lowest BCUT2D eigenvalue weighted by Gasteiger charge is -2.26. The van der Waals surface area contributed by atoms with Crippen LogP contribution in [0.2, 0.25) is 10.0 Å². The molecule has 1 aromatic carbocycles. The zero-order chi connectivity index (χ0) is 19.2. The van der Waals surface area contributed by atoms with Gasteiger partial charge in [0.25, 0.3) is 0 Å². The third kappa shape index (κ3) is 7.02. The van der Waals surface area contributed by atoms with Crippen LogP contribution in [0, 0.1) is 0 Å². The summed E-state index contributed by atoms with van der Waals surface area (Å²) in [6.07, 6.45) is 1.07. The van der Waals surface area contributed by atoms with Crippen molar-refractivity contribution in [3.05, 3.63) is 33.8 Å². The number of nitrogens with zero attached hydrogens (tertiary/aromatic N) is 2. The standard InChI is InChI=1S/C16H23Cl2N3O4S/c1-26(23,24)21(11-13-2-3-14(17)15(18)10-13)12-16(22)19-4-5-20-6-8-25-9-7-20/h2-3,10H,4-9,11-12H2,1H3,(H,19,22). The summed E-state index contributed by atoms with van der Waals surface area (Å²) in [5, 5.41) is 3.50. The fraction of sp³-hybridized carbons (Fsp3) is 0.562. The zero-order valence-electron chi connectivity index (χ0n) is 14.6. The zero-order valence-corrected chi connectivity index (χ0v) is 16.9. The van der Waals surface area contributed by atoms with Crippen LogP contribution in [0.15, 0.2) is 18.2 Å². The lowest BCUT2D eigenvalue weighted by molar-refractivity contribution is -0.121. The molecule has 1 aliphatic rings. The normalized spacial score (nSPS) is 16.0. The monoisotopic (exact) mass is 423 g/mol. The van der Waals surface area contributed by atoms with Gasteiger partial charge >= 0.3 is 0 Å². The number of hydrogen-bond acceptors (Lipinski definition) is 5. The number of sulfonamides is 1. The van der Waals surface area contributed by atoms with Crippen LogP contribution in [-0.2, 0) is 26.1 Å². The van der Waals surface area contributed by atoms with Crippen LogP contribution in [0.4, 0.5) is 0 Å². The van der Waals surface area contributed by atoms with Crippen molar-refractivity contribution in [2.45, 2.75) is 6.54 Å². The second-order valence-corrected chi connectivity index (χ2v) is 8.88. The van der Waals surface area contributed by atoms with E-state index in [1.165, 1.54) is 0 Å². The van der Waals surface area contributed by atoms with Crippen LogP contribution < -0.4 is 5.32 Å². The summed E-state index contributed by atoms with van der Waals surface area (Å²) in [5.41, 5.74) is 0.658. The van der Waals surface area contributed by atoms with Gasteiger partial charge in [-0.2, -0.15) is 4.31 Å². The molecule has 7 nitrogen and oxygen atoms in total. The number of morpholine rings is 1. The Morgan fingerprint density at radius 2 is 1.96 bits per heavy atom.